The maximum Gasteiger partial charge on any atom is 0.260 e. The van der Waals surface area contributed by atoms with Crippen LogP contribution in [0, 0.1) is 19.7 Å². The van der Waals surface area contributed by atoms with Crippen LogP contribution in [0.2, 0.25) is 0 Å². The Labute approximate surface area is 161 Å². The predicted octanol–water partition coefficient (Wildman–Crippen LogP) is 4.88. The van der Waals surface area contributed by atoms with E-state index in [2.05, 4.69) is 4.98 Å². The van der Waals surface area contributed by atoms with Crippen LogP contribution < -0.4 is 4.90 Å². The van der Waals surface area contributed by atoms with Crippen LogP contribution in [-0.4, -0.2) is 30.1 Å². The molecule has 27 heavy (non-hydrogen) atoms. The number of fused-ring (bicyclic) bond motifs is 1. The first-order valence-electron chi connectivity index (χ1n) is 9.07. The van der Waals surface area contributed by atoms with Crippen molar-refractivity contribution in [2.45, 2.75) is 32.8 Å². The molecule has 140 valence electrons. The van der Waals surface area contributed by atoms with Crippen molar-refractivity contribution in [1.82, 2.24) is 4.98 Å². The lowest BCUT2D eigenvalue weighted by Crippen LogP contribution is -2.37. The van der Waals surface area contributed by atoms with Gasteiger partial charge in [-0.15, -0.1) is 0 Å². The number of hydrogen-bond donors (Lipinski definition) is 0. The summed E-state index contributed by atoms with van der Waals surface area (Å²) in [5.41, 5.74) is 3.42. The van der Waals surface area contributed by atoms with E-state index < -0.39 is 0 Å². The number of carbonyl (C=O) groups is 1. The molecule has 0 radical (unpaired) electrons. The summed E-state index contributed by atoms with van der Waals surface area (Å²) < 4.78 is 20.1. The largest absolute Gasteiger partial charge is 0.376 e. The molecule has 1 saturated heterocycles. The molecule has 1 unspecified atom stereocenters. The Kier molecular flexibility index (Phi) is 4.93. The standard InChI is InChI=1S/C21H21FN2O2S/c1-13-8-14(2)10-15(9-13)20(25)24(12-17-4-3-7-26-17)21-23-18-6-5-16(22)11-19(18)27-21/h5-6,8-11,17H,3-4,7,12H2,1-2H3. The van der Waals surface area contributed by atoms with Crippen LogP contribution in [0.5, 0.6) is 0 Å². The number of aryl methyl sites for hydroxylation is 2. The van der Waals surface area contributed by atoms with Gasteiger partial charge in [-0.25, -0.2) is 9.37 Å². The molecule has 1 aliphatic heterocycles. The quantitative estimate of drug-likeness (QED) is 0.644. The Hall–Kier alpha value is -2.31. The second kappa shape index (κ2) is 7.37. The lowest BCUT2D eigenvalue weighted by atomic mass is 10.1. The van der Waals surface area contributed by atoms with E-state index in [0.29, 0.717) is 22.8 Å². The predicted molar refractivity (Wildman–Crippen MR) is 106 cm³/mol. The van der Waals surface area contributed by atoms with Crippen molar-refractivity contribution in [3.8, 4) is 0 Å². The SMILES string of the molecule is Cc1cc(C)cc(C(=O)N(CC2CCCO2)c2nc3ccc(F)cc3s2)c1. The fraction of sp³-hybridized carbons (Fsp3) is 0.333. The van der Waals surface area contributed by atoms with Crippen LogP contribution in [0.3, 0.4) is 0 Å². The third-order valence-electron chi connectivity index (χ3n) is 4.69. The molecule has 0 saturated carbocycles. The number of rotatable bonds is 4. The zero-order chi connectivity index (χ0) is 19.0. The molecule has 6 heteroatoms. The highest BCUT2D eigenvalue weighted by atomic mass is 32.1. The number of amides is 1. The second-order valence-electron chi connectivity index (χ2n) is 7.04. The third-order valence-corrected chi connectivity index (χ3v) is 5.74. The monoisotopic (exact) mass is 384 g/mol. The van der Waals surface area contributed by atoms with E-state index >= 15 is 0 Å². The summed E-state index contributed by atoms with van der Waals surface area (Å²) in [5, 5.41) is 0.579. The summed E-state index contributed by atoms with van der Waals surface area (Å²) in [6.45, 7) is 5.14. The number of thiazole rings is 1. The van der Waals surface area contributed by atoms with E-state index in [1.165, 1.54) is 23.5 Å². The zero-order valence-electron chi connectivity index (χ0n) is 15.4. The molecule has 1 atom stereocenters. The van der Waals surface area contributed by atoms with Gasteiger partial charge in [-0.05, 0) is 57.0 Å². The highest BCUT2D eigenvalue weighted by Gasteiger charge is 2.27. The molecule has 0 N–H and O–H groups in total. The van der Waals surface area contributed by atoms with Crippen LogP contribution in [0.25, 0.3) is 10.2 Å². The number of nitrogens with zero attached hydrogens (tertiary/aromatic N) is 2. The smallest absolute Gasteiger partial charge is 0.260 e. The van der Waals surface area contributed by atoms with Gasteiger partial charge in [-0.2, -0.15) is 0 Å². The number of anilines is 1. The van der Waals surface area contributed by atoms with Crippen molar-refractivity contribution < 1.29 is 13.9 Å². The Morgan fingerprint density at radius 1 is 1.26 bits per heavy atom. The number of hydrogen-bond acceptors (Lipinski definition) is 4. The number of ether oxygens (including phenoxy) is 1. The van der Waals surface area contributed by atoms with Gasteiger partial charge in [-0.3, -0.25) is 9.69 Å². The fourth-order valence-electron chi connectivity index (χ4n) is 3.50. The molecule has 2 heterocycles. The first-order valence-corrected chi connectivity index (χ1v) is 9.89. The summed E-state index contributed by atoms with van der Waals surface area (Å²) in [7, 11) is 0. The molecular weight excluding hydrogens is 363 g/mol. The average molecular weight is 384 g/mol. The normalized spacial score (nSPS) is 16.8. The van der Waals surface area contributed by atoms with Crippen molar-refractivity contribution >= 4 is 32.6 Å². The minimum absolute atomic E-state index is 0.00334. The number of carbonyl (C=O) groups excluding carboxylic acids is 1. The lowest BCUT2D eigenvalue weighted by molar-refractivity contribution is 0.0917. The molecule has 1 aromatic heterocycles. The van der Waals surface area contributed by atoms with Crippen LogP contribution in [0.4, 0.5) is 9.52 Å². The summed E-state index contributed by atoms with van der Waals surface area (Å²) >= 11 is 1.33. The molecular formula is C21H21FN2O2S. The van der Waals surface area contributed by atoms with E-state index in [9.17, 15) is 9.18 Å². The summed E-state index contributed by atoms with van der Waals surface area (Å²) in [5.74, 6) is -0.402. The van der Waals surface area contributed by atoms with Gasteiger partial charge in [0.15, 0.2) is 5.13 Å². The Morgan fingerprint density at radius 3 is 2.74 bits per heavy atom. The third kappa shape index (κ3) is 3.87. The van der Waals surface area contributed by atoms with Crippen molar-refractivity contribution in [1.29, 1.82) is 0 Å². The zero-order valence-corrected chi connectivity index (χ0v) is 16.2. The van der Waals surface area contributed by atoms with Gasteiger partial charge in [0, 0.05) is 12.2 Å². The summed E-state index contributed by atoms with van der Waals surface area (Å²) in [6, 6.07) is 10.3. The average Bonchev–Trinajstić information content (AvgIpc) is 3.27. The van der Waals surface area contributed by atoms with E-state index in [-0.39, 0.29) is 17.8 Å². The number of benzene rings is 2. The van der Waals surface area contributed by atoms with E-state index in [4.69, 9.17) is 4.74 Å². The van der Waals surface area contributed by atoms with Crippen LogP contribution in [0.1, 0.15) is 34.3 Å². The molecule has 4 rings (SSSR count). The van der Waals surface area contributed by atoms with E-state index in [0.717, 1.165) is 35.3 Å². The molecule has 2 aromatic carbocycles. The molecule has 3 aromatic rings. The second-order valence-corrected chi connectivity index (χ2v) is 8.04. The molecule has 1 aliphatic rings. The lowest BCUT2D eigenvalue weighted by Gasteiger charge is -2.23. The van der Waals surface area contributed by atoms with Crippen molar-refractivity contribution in [3.63, 3.8) is 0 Å². The van der Waals surface area contributed by atoms with Crippen molar-refractivity contribution in [2.24, 2.45) is 0 Å². The fourth-order valence-corrected chi connectivity index (χ4v) is 4.49. The summed E-state index contributed by atoms with van der Waals surface area (Å²) in [4.78, 5) is 19.6. The molecule has 0 bridgehead atoms. The molecule has 1 amide bonds. The highest BCUT2D eigenvalue weighted by Crippen LogP contribution is 2.31. The molecule has 1 fully saturated rings. The van der Waals surface area contributed by atoms with Crippen LogP contribution >= 0.6 is 11.3 Å². The number of halogens is 1. The Balaban J connectivity index is 1.73. The minimum atomic E-state index is -0.302. The summed E-state index contributed by atoms with van der Waals surface area (Å²) in [6.07, 6.45) is 1.93. The first kappa shape index (κ1) is 18.1. The van der Waals surface area contributed by atoms with Gasteiger partial charge in [0.05, 0.1) is 22.9 Å². The van der Waals surface area contributed by atoms with Crippen molar-refractivity contribution in [3.05, 3.63) is 58.9 Å². The van der Waals surface area contributed by atoms with Gasteiger partial charge in [0.25, 0.3) is 5.91 Å². The van der Waals surface area contributed by atoms with Gasteiger partial charge in [0.2, 0.25) is 0 Å². The minimum Gasteiger partial charge on any atom is -0.376 e. The maximum atomic E-state index is 13.6. The molecule has 0 aliphatic carbocycles. The van der Waals surface area contributed by atoms with E-state index in [1.54, 1.807) is 11.0 Å². The van der Waals surface area contributed by atoms with Gasteiger partial charge in [-0.1, -0.05) is 28.5 Å². The van der Waals surface area contributed by atoms with Gasteiger partial charge < -0.3 is 4.74 Å². The first-order chi connectivity index (χ1) is 13.0. The molecule has 0 spiro atoms. The van der Waals surface area contributed by atoms with Crippen LogP contribution in [-0.2, 0) is 4.74 Å². The Bertz CT molecular complexity index is 975. The van der Waals surface area contributed by atoms with E-state index in [1.807, 2.05) is 32.0 Å². The van der Waals surface area contributed by atoms with Gasteiger partial charge in [0.1, 0.15) is 5.82 Å². The number of aromatic nitrogens is 1. The van der Waals surface area contributed by atoms with Crippen LogP contribution in [0.15, 0.2) is 36.4 Å². The topological polar surface area (TPSA) is 42.4 Å². The maximum absolute atomic E-state index is 13.6. The highest BCUT2D eigenvalue weighted by molar-refractivity contribution is 7.22. The Morgan fingerprint density at radius 2 is 2.04 bits per heavy atom. The van der Waals surface area contributed by atoms with Crippen molar-refractivity contribution in [2.75, 3.05) is 18.1 Å². The molecule has 4 nitrogen and oxygen atoms in total. The van der Waals surface area contributed by atoms with Gasteiger partial charge >= 0.3 is 0 Å².